The van der Waals surface area contributed by atoms with Crippen LogP contribution < -0.4 is 5.32 Å². The number of hydrogen-bond donors (Lipinski definition) is 1. The quantitative estimate of drug-likeness (QED) is 0.874. The number of carbonyl (C=O) groups is 1. The van der Waals surface area contributed by atoms with Crippen molar-refractivity contribution in [3.05, 3.63) is 54.6 Å². The lowest BCUT2D eigenvalue weighted by Crippen LogP contribution is -2.27. The highest BCUT2D eigenvalue weighted by molar-refractivity contribution is 5.93. The predicted octanol–water partition coefficient (Wildman–Crippen LogP) is 4.09. The molecule has 3 rings (SSSR count). The minimum Gasteiger partial charge on any atom is -0.326 e. The molecule has 2 heteroatoms. The Morgan fingerprint density at radius 2 is 1.53 bits per heavy atom. The zero-order valence-electron chi connectivity index (χ0n) is 10.8. The van der Waals surface area contributed by atoms with Crippen molar-refractivity contribution in [1.29, 1.82) is 0 Å². The van der Waals surface area contributed by atoms with Crippen LogP contribution in [0, 0.1) is 5.92 Å². The van der Waals surface area contributed by atoms with Gasteiger partial charge in [-0.3, -0.25) is 4.79 Å². The van der Waals surface area contributed by atoms with Crippen molar-refractivity contribution in [2.75, 3.05) is 5.32 Å². The smallest absolute Gasteiger partial charge is 0.227 e. The molecule has 0 aromatic heterocycles. The lowest BCUT2D eigenvalue weighted by atomic mass is 9.85. The molecule has 2 aromatic carbocycles. The normalized spacial score (nSPS) is 14.7. The van der Waals surface area contributed by atoms with E-state index in [1.165, 1.54) is 17.5 Å². The Morgan fingerprint density at radius 3 is 2.11 bits per heavy atom. The lowest BCUT2D eigenvalue weighted by Gasteiger charge is -2.24. The second kappa shape index (κ2) is 5.27. The maximum absolute atomic E-state index is 11.8. The standard InChI is InChI=1S/C17H17NO/c19-17(15-7-4-8-15)18-16-11-9-14(10-12-16)13-5-2-1-3-6-13/h1-3,5-6,9-12,15H,4,7-8H2,(H,18,19). The molecule has 96 valence electrons. The first-order valence-electron chi connectivity index (χ1n) is 6.79. The summed E-state index contributed by atoms with van der Waals surface area (Å²) in [5.74, 6) is 0.396. The molecule has 0 spiro atoms. The van der Waals surface area contributed by atoms with Gasteiger partial charge in [-0.25, -0.2) is 0 Å². The molecular formula is C17H17NO. The third-order valence-corrected chi connectivity index (χ3v) is 3.74. The molecule has 0 heterocycles. The summed E-state index contributed by atoms with van der Waals surface area (Å²) in [7, 11) is 0. The summed E-state index contributed by atoms with van der Waals surface area (Å²) < 4.78 is 0. The zero-order valence-corrected chi connectivity index (χ0v) is 10.8. The van der Waals surface area contributed by atoms with Crippen LogP contribution in [-0.2, 0) is 4.79 Å². The summed E-state index contributed by atoms with van der Waals surface area (Å²) in [6.45, 7) is 0. The van der Waals surface area contributed by atoms with Crippen LogP contribution >= 0.6 is 0 Å². The van der Waals surface area contributed by atoms with Gasteiger partial charge in [-0.15, -0.1) is 0 Å². The number of anilines is 1. The molecule has 0 saturated heterocycles. The van der Waals surface area contributed by atoms with E-state index in [4.69, 9.17) is 0 Å². The molecule has 1 aliphatic rings. The molecular weight excluding hydrogens is 234 g/mol. The van der Waals surface area contributed by atoms with Crippen LogP contribution in [0.25, 0.3) is 11.1 Å². The summed E-state index contributed by atoms with van der Waals surface area (Å²) in [5.41, 5.74) is 3.25. The molecule has 2 aromatic rings. The monoisotopic (exact) mass is 251 g/mol. The van der Waals surface area contributed by atoms with E-state index in [1.807, 2.05) is 42.5 Å². The average Bonchev–Trinajstić information content (AvgIpc) is 2.38. The zero-order chi connectivity index (χ0) is 13.1. The second-order valence-corrected chi connectivity index (χ2v) is 5.06. The molecule has 0 bridgehead atoms. The molecule has 1 fully saturated rings. The van der Waals surface area contributed by atoms with Gasteiger partial charge in [0.2, 0.25) is 5.91 Å². The van der Waals surface area contributed by atoms with E-state index >= 15 is 0 Å². The van der Waals surface area contributed by atoms with E-state index in [-0.39, 0.29) is 11.8 Å². The fourth-order valence-electron chi connectivity index (χ4n) is 2.29. The van der Waals surface area contributed by atoms with Gasteiger partial charge in [-0.2, -0.15) is 0 Å². The van der Waals surface area contributed by atoms with E-state index in [9.17, 15) is 4.79 Å². The van der Waals surface area contributed by atoms with Gasteiger partial charge in [-0.05, 0) is 36.1 Å². The average molecular weight is 251 g/mol. The van der Waals surface area contributed by atoms with Gasteiger partial charge in [0, 0.05) is 11.6 Å². The van der Waals surface area contributed by atoms with Crippen LogP contribution in [0.2, 0.25) is 0 Å². The van der Waals surface area contributed by atoms with Gasteiger partial charge in [0.25, 0.3) is 0 Å². The fourth-order valence-corrected chi connectivity index (χ4v) is 2.29. The molecule has 1 saturated carbocycles. The number of benzene rings is 2. The Morgan fingerprint density at radius 1 is 0.895 bits per heavy atom. The number of hydrogen-bond acceptors (Lipinski definition) is 1. The molecule has 0 unspecified atom stereocenters. The maximum atomic E-state index is 11.8. The van der Waals surface area contributed by atoms with Crippen LogP contribution in [0.3, 0.4) is 0 Å². The van der Waals surface area contributed by atoms with Crippen LogP contribution in [0.5, 0.6) is 0 Å². The van der Waals surface area contributed by atoms with Gasteiger partial charge in [0.1, 0.15) is 0 Å². The third-order valence-electron chi connectivity index (χ3n) is 3.74. The lowest BCUT2D eigenvalue weighted by molar-refractivity contribution is -0.122. The minimum atomic E-state index is 0.165. The summed E-state index contributed by atoms with van der Waals surface area (Å²) >= 11 is 0. The SMILES string of the molecule is O=C(Nc1ccc(-c2ccccc2)cc1)C1CCC1. The highest BCUT2D eigenvalue weighted by Crippen LogP contribution is 2.28. The van der Waals surface area contributed by atoms with Crippen LogP contribution in [0.15, 0.2) is 54.6 Å². The Hall–Kier alpha value is -2.09. The fraction of sp³-hybridized carbons (Fsp3) is 0.235. The molecule has 0 aliphatic heterocycles. The molecule has 19 heavy (non-hydrogen) atoms. The summed E-state index contributed by atoms with van der Waals surface area (Å²) in [4.78, 5) is 11.8. The van der Waals surface area contributed by atoms with Crippen molar-refractivity contribution >= 4 is 11.6 Å². The molecule has 1 aliphatic carbocycles. The van der Waals surface area contributed by atoms with Crippen molar-refractivity contribution in [1.82, 2.24) is 0 Å². The summed E-state index contributed by atoms with van der Waals surface area (Å²) in [6, 6.07) is 18.3. The summed E-state index contributed by atoms with van der Waals surface area (Å²) in [6.07, 6.45) is 3.26. The maximum Gasteiger partial charge on any atom is 0.227 e. The largest absolute Gasteiger partial charge is 0.326 e. The van der Waals surface area contributed by atoms with E-state index < -0.39 is 0 Å². The predicted molar refractivity (Wildman–Crippen MR) is 77.8 cm³/mol. The number of nitrogens with one attached hydrogen (secondary N) is 1. The first-order valence-corrected chi connectivity index (χ1v) is 6.79. The van der Waals surface area contributed by atoms with Crippen molar-refractivity contribution < 1.29 is 4.79 Å². The molecule has 2 nitrogen and oxygen atoms in total. The van der Waals surface area contributed by atoms with Gasteiger partial charge in [0.15, 0.2) is 0 Å². The van der Waals surface area contributed by atoms with Gasteiger partial charge >= 0.3 is 0 Å². The number of amides is 1. The Bertz CT molecular complexity index is 556. The van der Waals surface area contributed by atoms with Gasteiger partial charge in [0.05, 0.1) is 0 Å². The van der Waals surface area contributed by atoms with Crippen molar-refractivity contribution in [3.63, 3.8) is 0 Å². The molecule has 1 amide bonds. The van der Waals surface area contributed by atoms with Crippen molar-refractivity contribution in [2.45, 2.75) is 19.3 Å². The Kier molecular flexibility index (Phi) is 3.32. The highest BCUT2D eigenvalue weighted by Gasteiger charge is 2.24. The second-order valence-electron chi connectivity index (χ2n) is 5.06. The molecule has 0 atom stereocenters. The minimum absolute atomic E-state index is 0.165. The van der Waals surface area contributed by atoms with Crippen LogP contribution in [0.1, 0.15) is 19.3 Å². The van der Waals surface area contributed by atoms with E-state index in [2.05, 4.69) is 17.4 Å². The Labute approximate surface area is 113 Å². The van der Waals surface area contributed by atoms with Crippen molar-refractivity contribution in [3.8, 4) is 11.1 Å². The van der Waals surface area contributed by atoms with E-state index in [0.29, 0.717) is 0 Å². The first kappa shape index (κ1) is 12.0. The summed E-state index contributed by atoms with van der Waals surface area (Å²) in [5, 5.41) is 2.98. The molecule has 1 N–H and O–H groups in total. The van der Waals surface area contributed by atoms with E-state index in [0.717, 1.165) is 18.5 Å². The first-order chi connectivity index (χ1) is 9.33. The highest BCUT2D eigenvalue weighted by atomic mass is 16.1. The van der Waals surface area contributed by atoms with Gasteiger partial charge < -0.3 is 5.32 Å². The third kappa shape index (κ3) is 2.68. The van der Waals surface area contributed by atoms with Crippen molar-refractivity contribution in [2.24, 2.45) is 5.92 Å². The van der Waals surface area contributed by atoms with Crippen LogP contribution in [-0.4, -0.2) is 5.91 Å². The Balaban J connectivity index is 1.70. The van der Waals surface area contributed by atoms with Crippen LogP contribution in [0.4, 0.5) is 5.69 Å². The number of rotatable bonds is 3. The van der Waals surface area contributed by atoms with E-state index in [1.54, 1.807) is 0 Å². The molecule has 0 radical (unpaired) electrons. The topological polar surface area (TPSA) is 29.1 Å². The number of carbonyl (C=O) groups excluding carboxylic acids is 1. The van der Waals surface area contributed by atoms with Gasteiger partial charge in [-0.1, -0.05) is 48.9 Å².